The predicted octanol–water partition coefficient (Wildman–Crippen LogP) is 5.44. The third kappa shape index (κ3) is 6.20. The molecule has 1 saturated heterocycles. The molecule has 3 atom stereocenters. The van der Waals surface area contributed by atoms with Gasteiger partial charge in [-0.1, -0.05) is 61.3 Å². The van der Waals surface area contributed by atoms with E-state index in [4.69, 9.17) is 27.9 Å². The van der Waals surface area contributed by atoms with Crippen LogP contribution in [-0.2, 0) is 4.74 Å². The van der Waals surface area contributed by atoms with Gasteiger partial charge in [0.2, 0.25) is 0 Å². The highest BCUT2D eigenvalue weighted by atomic mass is 35.5. The van der Waals surface area contributed by atoms with Gasteiger partial charge in [-0.3, -0.25) is 0 Å². The minimum atomic E-state index is -0.528. The van der Waals surface area contributed by atoms with Crippen LogP contribution in [0.4, 0.5) is 0 Å². The van der Waals surface area contributed by atoms with Gasteiger partial charge < -0.3 is 14.7 Å². The Hall–Kier alpha value is -1.10. The Kier molecular flexibility index (Phi) is 7.78. The van der Waals surface area contributed by atoms with Crippen LogP contribution < -0.4 is 0 Å². The SMILES string of the molecule is C[C@@H]1C[C@H](C)CN(C[C@H](O)COC(c2ccc(Cl)cc2)c2ccc(Cl)cc2)C1. The first-order chi connectivity index (χ1) is 13.4. The van der Waals surface area contributed by atoms with Crippen molar-refractivity contribution >= 4 is 23.2 Å². The Bertz CT molecular complexity index is 680. The number of ether oxygens (including phenoxy) is 1. The third-order valence-electron chi connectivity index (χ3n) is 5.21. The first-order valence-electron chi connectivity index (χ1n) is 9.93. The number of likely N-dealkylation sites (tertiary alicyclic amines) is 1. The van der Waals surface area contributed by atoms with Crippen molar-refractivity contribution in [3.8, 4) is 0 Å². The molecule has 0 unspecified atom stereocenters. The number of aliphatic hydroxyl groups excluding tert-OH is 1. The number of hydrogen-bond acceptors (Lipinski definition) is 3. The van der Waals surface area contributed by atoms with Crippen LogP contribution in [0.25, 0.3) is 0 Å². The summed E-state index contributed by atoms with van der Waals surface area (Å²) in [4.78, 5) is 2.35. The normalized spacial score (nSPS) is 21.8. The number of rotatable bonds is 7. The van der Waals surface area contributed by atoms with Crippen LogP contribution in [0.2, 0.25) is 10.0 Å². The molecule has 0 bridgehead atoms. The van der Waals surface area contributed by atoms with E-state index in [1.54, 1.807) is 0 Å². The molecule has 0 spiro atoms. The van der Waals surface area contributed by atoms with Crippen LogP contribution in [-0.4, -0.2) is 42.4 Å². The van der Waals surface area contributed by atoms with E-state index >= 15 is 0 Å². The largest absolute Gasteiger partial charge is 0.389 e. The molecule has 1 N–H and O–H groups in total. The van der Waals surface area contributed by atoms with E-state index in [0.29, 0.717) is 28.4 Å². The van der Waals surface area contributed by atoms with Gasteiger partial charge in [0, 0.05) is 29.7 Å². The van der Waals surface area contributed by atoms with Crippen LogP contribution in [0.3, 0.4) is 0 Å². The first-order valence-corrected chi connectivity index (χ1v) is 10.7. The number of piperidine rings is 1. The number of hydrogen-bond donors (Lipinski definition) is 1. The second-order valence-electron chi connectivity index (χ2n) is 8.13. The summed E-state index contributed by atoms with van der Waals surface area (Å²) in [5.41, 5.74) is 2.00. The summed E-state index contributed by atoms with van der Waals surface area (Å²) in [6.07, 6.45) is 0.459. The lowest BCUT2D eigenvalue weighted by molar-refractivity contribution is -0.0163. The van der Waals surface area contributed by atoms with Crippen molar-refractivity contribution < 1.29 is 9.84 Å². The van der Waals surface area contributed by atoms with E-state index in [1.807, 2.05) is 48.5 Å². The Morgan fingerprint density at radius 3 is 1.86 bits per heavy atom. The Balaban J connectivity index is 1.65. The maximum atomic E-state index is 10.6. The summed E-state index contributed by atoms with van der Waals surface area (Å²) in [5.74, 6) is 1.35. The monoisotopic (exact) mass is 421 g/mol. The molecule has 1 aliphatic heterocycles. The Morgan fingerprint density at radius 1 is 0.929 bits per heavy atom. The smallest absolute Gasteiger partial charge is 0.108 e. The van der Waals surface area contributed by atoms with Gasteiger partial charge in [-0.05, 0) is 53.6 Å². The molecule has 1 aliphatic rings. The molecule has 152 valence electrons. The zero-order chi connectivity index (χ0) is 20.1. The van der Waals surface area contributed by atoms with Crippen LogP contribution in [0, 0.1) is 11.8 Å². The molecule has 1 heterocycles. The molecule has 0 aromatic heterocycles. The van der Waals surface area contributed by atoms with Crippen LogP contribution in [0.1, 0.15) is 37.5 Å². The number of aliphatic hydroxyl groups is 1. The highest BCUT2D eigenvalue weighted by Crippen LogP contribution is 2.28. The number of benzene rings is 2. The molecule has 0 amide bonds. The van der Waals surface area contributed by atoms with Gasteiger partial charge in [0.15, 0.2) is 0 Å². The molecule has 0 radical (unpaired) electrons. The summed E-state index contributed by atoms with van der Waals surface area (Å²) in [6.45, 7) is 7.56. The highest BCUT2D eigenvalue weighted by molar-refractivity contribution is 6.30. The minimum Gasteiger partial charge on any atom is -0.389 e. The average molecular weight is 422 g/mol. The van der Waals surface area contributed by atoms with Gasteiger partial charge in [-0.25, -0.2) is 0 Å². The van der Waals surface area contributed by atoms with Crippen LogP contribution in [0.15, 0.2) is 48.5 Å². The summed E-state index contributed by atoms with van der Waals surface area (Å²) in [6, 6.07) is 15.3. The van der Waals surface area contributed by atoms with Gasteiger partial charge in [0.05, 0.1) is 12.7 Å². The molecule has 2 aromatic carbocycles. The van der Waals surface area contributed by atoms with E-state index in [0.717, 1.165) is 24.2 Å². The van der Waals surface area contributed by atoms with E-state index in [-0.39, 0.29) is 12.7 Å². The molecule has 3 rings (SSSR count). The lowest BCUT2D eigenvalue weighted by atomic mass is 9.92. The standard InChI is InChI=1S/C23H29Cl2NO2/c1-16-11-17(2)13-26(12-16)14-22(27)15-28-23(18-3-7-20(24)8-4-18)19-5-9-21(25)10-6-19/h3-10,16-17,22-23,27H,11-15H2,1-2H3/t16-,17+,22-/m0/s1. The topological polar surface area (TPSA) is 32.7 Å². The van der Waals surface area contributed by atoms with Crippen molar-refractivity contribution in [1.82, 2.24) is 4.90 Å². The fraction of sp³-hybridized carbons (Fsp3) is 0.478. The van der Waals surface area contributed by atoms with Crippen molar-refractivity contribution in [2.75, 3.05) is 26.2 Å². The maximum absolute atomic E-state index is 10.6. The predicted molar refractivity (Wildman–Crippen MR) is 116 cm³/mol. The fourth-order valence-corrected chi connectivity index (χ4v) is 4.41. The molecular formula is C23H29Cl2NO2. The molecule has 0 saturated carbocycles. The van der Waals surface area contributed by atoms with Gasteiger partial charge in [0.25, 0.3) is 0 Å². The molecule has 0 aliphatic carbocycles. The second kappa shape index (κ2) is 10.1. The van der Waals surface area contributed by atoms with Crippen molar-refractivity contribution in [2.24, 2.45) is 11.8 Å². The average Bonchev–Trinajstić information content (AvgIpc) is 2.64. The Labute approximate surface area is 178 Å². The quantitative estimate of drug-likeness (QED) is 0.645. The lowest BCUT2D eigenvalue weighted by Crippen LogP contribution is -2.43. The molecule has 5 heteroatoms. The van der Waals surface area contributed by atoms with Gasteiger partial charge in [0.1, 0.15) is 6.10 Å². The lowest BCUT2D eigenvalue weighted by Gasteiger charge is -2.36. The summed E-state index contributed by atoms with van der Waals surface area (Å²) < 4.78 is 6.19. The van der Waals surface area contributed by atoms with Crippen molar-refractivity contribution in [2.45, 2.75) is 32.5 Å². The summed E-state index contributed by atoms with van der Waals surface area (Å²) in [7, 11) is 0. The van der Waals surface area contributed by atoms with E-state index < -0.39 is 6.10 Å². The maximum Gasteiger partial charge on any atom is 0.108 e. The molecule has 1 fully saturated rings. The van der Waals surface area contributed by atoms with Gasteiger partial charge in [-0.15, -0.1) is 0 Å². The summed E-state index contributed by atoms with van der Waals surface area (Å²) in [5, 5.41) is 12.0. The minimum absolute atomic E-state index is 0.273. The number of halogens is 2. The number of nitrogens with zero attached hydrogens (tertiary/aromatic N) is 1. The molecular weight excluding hydrogens is 393 g/mol. The van der Waals surface area contributed by atoms with Crippen LogP contribution >= 0.6 is 23.2 Å². The highest BCUT2D eigenvalue weighted by Gasteiger charge is 2.24. The van der Waals surface area contributed by atoms with Crippen LogP contribution in [0.5, 0.6) is 0 Å². The fourth-order valence-electron chi connectivity index (χ4n) is 4.16. The van der Waals surface area contributed by atoms with E-state index in [9.17, 15) is 5.11 Å². The van der Waals surface area contributed by atoms with Crippen molar-refractivity contribution in [1.29, 1.82) is 0 Å². The summed E-state index contributed by atoms with van der Waals surface area (Å²) >= 11 is 12.1. The second-order valence-corrected chi connectivity index (χ2v) is 9.01. The Morgan fingerprint density at radius 2 is 1.39 bits per heavy atom. The van der Waals surface area contributed by atoms with E-state index in [2.05, 4.69) is 18.7 Å². The first kappa shape index (κ1) is 21.6. The van der Waals surface area contributed by atoms with Gasteiger partial charge >= 0.3 is 0 Å². The third-order valence-corrected chi connectivity index (χ3v) is 5.72. The zero-order valence-corrected chi connectivity index (χ0v) is 18.0. The molecule has 2 aromatic rings. The van der Waals surface area contributed by atoms with Crippen molar-refractivity contribution in [3.05, 3.63) is 69.7 Å². The van der Waals surface area contributed by atoms with Gasteiger partial charge in [-0.2, -0.15) is 0 Å². The van der Waals surface area contributed by atoms with Crippen molar-refractivity contribution in [3.63, 3.8) is 0 Å². The number of β-amino-alcohol motifs (C(OH)–C–C–N with tert-alkyl or cyclic N) is 1. The van der Waals surface area contributed by atoms with E-state index in [1.165, 1.54) is 6.42 Å². The molecule has 28 heavy (non-hydrogen) atoms. The molecule has 3 nitrogen and oxygen atoms in total. The zero-order valence-electron chi connectivity index (χ0n) is 16.5.